The van der Waals surface area contributed by atoms with E-state index in [1.807, 2.05) is 18.2 Å². The highest BCUT2D eigenvalue weighted by Crippen LogP contribution is 2.65. The van der Waals surface area contributed by atoms with Crippen molar-refractivity contribution in [3.8, 4) is 0 Å². The number of rotatable bonds is 6. The van der Waals surface area contributed by atoms with Crippen molar-refractivity contribution in [3.05, 3.63) is 98.1 Å². The van der Waals surface area contributed by atoms with Crippen LogP contribution in [0.1, 0.15) is 53.9 Å². The zero-order valence-corrected chi connectivity index (χ0v) is 25.1. The lowest BCUT2D eigenvalue weighted by atomic mass is 9.92. The van der Waals surface area contributed by atoms with E-state index in [2.05, 4.69) is 37.1 Å². The average Bonchev–Trinajstić information content (AvgIpc) is 3.17. The third-order valence-electron chi connectivity index (χ3n) is 6.97. The van der Waals surface area contributed by atoms with Crippen LogP contribution in [0.5, 0.6) is 0 Å². The van der Waals surface area contributed by atoms with Gasteiger partial charge in [-0.15, -0.1) is 23.2 Å². The van der Waals surface area contributed by atoms with Crippen molar-refractivity contribution in [2.24, 2.45) is 5.92 Å². The van der Waals surface area contributed by atoms with Gasteiger partial charge in [0.1, 0.15) is 4.33 Å². The number of H-pyrrole nitrogens is 1. The van der Waals surface area contributed by atoms with Gasteiger partial charge in [-0.3, -0.25) is 9.59 Å². The van der Waals surface area contributed by atoms with Crippen LogP contribution in [0.15, 0.2) is 60.7 Å². The van der Waals surface area contributed by atoms with Crippen LogP contribution in [-0.4, -0.2) is 21.0 Å². The largest absolute Gasteiger partial charge is 0.358 e. The highest BCUT2D eigenvalue weighted by atomic mass is 35.5. The molecule has 1 amide bonds. The molecule has 1 saturated carbocycles. The van der Waals surface area contributed by atoms with Gasteiger partial charge < -0.3 is 10.3 Å². The second-order valence-corrected chi connectivity index (χ2v) is 13.7. The van der Waals surface area contributed by atoms with E-state index in [1.165, 1.54) is 0 Å². The topological polar surface area (TPSA) is 62.0 Å². The highest BCUT2D eigenvalue weighted by Gasteiger charge is 2.67. The fraction of sp³-hybridized carbons (Fsp3) is 0.267. The first kappa shape index (κ1) is 28.3. The predicted octanol–water partition coefficient (Wildman–Crippen LogP) is 9.38. The molecule has 0 aliphatic heterocycles. The summed E-state index contributed by atoms with van der Waals surface area (Å²) in [6.07, 6.45) is 0.162. The van der Waals surface area contributed by atoms with Crippen molar-refractivity contribution < 1.29 is 9.59 Å². The smallest absolute Gasteiger partial charge is 0.231 e. The molecule has 0 saturated heterocycles. The van der Waals surface area contributed by atoms with Gasteiger partial charge in [-0.25, -0.2) is 0 Å². The van der Waals surface area contributed by atoms with Crippen molar-refractivity contribution >= 4 is 86.3 Å². The van der Waals surface area contributed by atoms with Crippen molar-refractivity contribution in [2.75, 3.05) is 5.32 Å². The standard InChI is InChI=1S/C30H25Cl5N2O2/c1-29(2,3)25-12-16-8-15(4-7-23(16)37-25)9-24(38)21-14-20(5-6-22(21)33)36-28(39)27-26(30(27,34)35)17-10-18(31)13-19(32)11-17/h4-8,10-14,26-27,37H,9H2,1-3H3,(H,36,39). The Kier molecular flexibility index (Phi) is 7.49. The van der Waals surface area contributed by atoms with Crippen molar-refractivity contribution in [1.82, 2.24) is 4.98 Å². The number of benzene rings is 3. The summed E-state index contributed by atoms with van der Waals surface area (Å²) in [7, 11) is 0. The van der Waals surface area contributed by atoms with Crippen molar-refractivity contribution in [3.63, 3.8) is 0 Å². The number of aromatic nitrogens is 1. The van der Waals surface area contributed by atoms with Crippen LogP contribution in [0.2, 0.25) is 15.1 Å². The van der Waals surface area contributed by atoms with Crippen molar-refractivity contribution in [1.29, 1.82) is 0 Å². The molecule has 5 rings (SSSR count). The first-order valence-corrected chi connectivity index (χ1v) is 14.2. The maximum Gasteiger partial charge on any atom is 0.231 e. The molecule has 9 heteroatoms. The monoisotopic (exact) mass is 620 g/mol. The average molecular weight is 623 g/mol. The Morgan fingerprint density at radius 3 is 2.28 bits per heavy atom. The summed E-state index contributed by atoms with van der Waals surface area (Å²) in [5.41, 5.74) is 4.42. The number of nitrogens with one attached hydrogen (secondary N) is 2. The quantitative estimate of drug-likeness (QED) is 0.166. The Morgan fingerprint density at radius 1 is 0.923 bits per heavy atom. The fourth-order valence-electron chi connectivity index (χ4n) is 4.84. The number of carbonyl (C=O) groups is 2. The van der Waals surface area contributed by atoms with Gasteiger partial charge in [0.05, 0.1) is 10.9 Å². The van der Waals surface area contributed by atoms with Crippen LogP contribution in [0.4, 0.5) is 5.69 Å². The van der Waals surface area contributed by atoms with Crippen LogP contribution < -0.4 is 5.32 Å². The number of hydrogen-bond acceptors (Lipinski definition) is 2. The molecule has 202 valence electrons. The van der Waals surface area contributed by atoms with Gasteiger partial charge in [0.2, 0.25) is 5.91 Å². The molecule has 1 aromatic heterocycles. The zero-order valence-electron chi connectivity index (χ0n) is 21.3. The minimum Gasteiger partial charge on any atom is -0.358 e. The zero-order chi connectivity index (χ0) is 28.3. The van der Waals surface area contributed by atoms with Crippen LogP contribution in [0.3, 0.4) is 0 Å². The molecule has 0 spiro atoms. The molecule has 4 nitrogen and oxygen atoms in total. The molecule has 2 unspecified atom stereocenters. The highest BCUT2D eigenvalue weighted by molar-refractivity contribution is 6.53. The Hall–Kier alpha value is -2.21. The lowest BCUT2D eigenvalue weighted by Crippen LogP contribution is -2.17. The fourth-order valence-corrected chi connectivity index (χ4v) is 6.43. The summed E-state index contributed by atoms with van der Waals surface area (Å²) in [6, 6.07) is 17.8. The van der Waals surface area contributed by atoms with E-state index in [0.717, 1.165) is 22.2 Å². The van der Waals surface area contributed by atoms with Gasteiger partial charge in [0.25, 0.3) is 0 Å². The second kappa shape index (κ2) is 10.3. The summed E-state index contributed by atoms with van der Waals surface area (Å²) >= 11 is 31.6. The summed E-state index contributed by atoms with van der Waals surface area (Å²) in [5.74, 6) is -1.75. The molecule has 1 aliphatic carbocycles. The van der Waals surface area contributed by atoms with Gasteiger partial charge in [0, 0.05) is 50.3 Å². The Balaban J connectivity index is 1.32. The van der Waals surface area contributed by atoms with Crippen LogP contribution in [0, 0.1) is 5.92 Å². The molecule has 1 heterocycles. The third kappa shape index (κ3) is 5.82. The number of fused-ring (bicyclic) bond motifs is 1. The number of anilines is 1. The lowest BCUT2D eigenvalue weighted by Gasteiger charge is -2.15. The number of amides is 1. The molecule has 0 bridgehead atoms. The van der Waals surface area contributed by atoms with E-state index in [0.29, 0.717) is 31.9 Å². The third-order valence-corrected chi connectivity index (χ3v) is 8.68. The minimum atomic E-state index is -1.31. The molecule has 2 atom stereocenters. The number of Topliss-reactive ketones (excluding diaryl/α,β-unsaturated/α-hetero) is 1. The molecule has 4 aromatic rings. The predicted molar refractivity (Wildman–Crippen MR) is 162 cm³/mol. The summed E-state index contributed by atoms with van der Waals surface area (Å²) in [5, 5.41) is 5.03. The first-order chi connectivity index (χ1) is 18.2. The van der Waals surface area contributed by atoms with Crippen molar-refractivity contribution in [2.45, 2.75) is 42.9 Å². The molecular weight excluding hydrogens is 598 g/mol. The van der Waals surface area contributed by atoms with E-state index in [4.69, 9.17) is 58.0 Å². The van der Waals surface area contributed by atoms with Crippen LogP contribution >= 0.6 is 58.0 Å². The number of halogens is 5. The van der Waals surface area contributed by atoms with Gasteiger partial charge >= 0.3 is 0 Å². The number of ketones is 1. The maximum atomic E-state index is 13.3. The summed E-state index contributed by atoms with van der Waals surface area (Å²) in [4.78, 5) is 29.8. The lowest BCUT2D eigenvalue weighted by molar-refractivity contribution is -0.117. The second-order valence-electron chi connectivity index (χ2n) is 11.0. The molecular formula is C30H25Cl5N2O2. The van der Waals surface area contributed by atoms with Crippen LogP contribution in [-0.2, 0) is 16.6 Å². The van der Waals surface area contributed by atoms with E-state index in [-0.39, 0.29) is 23.5 Å². The van der Waals surface area contributed by atoms with E-state index in [9.17, 15) is 9.59 Å². The number of alkyl halides is 2. The molecule has 3 aromatic carbocycles. The normalized spacial score (nSPS) is 18.3. The summed E-state index contributed by atoms with van der Waals surface area (Å²) in [6.45, 7) is 6.44. The first-order valence-electron chi connectivity index (χ1n) is 12.3. The number of hydrogen-bond donors (Lipinski definition) is 2. The molecule has 0 radical (unpaired) electrons. The van der Waals surface area contributed by atoms with Gasteiger partial charge in [0.15, 0.2) is 5.78 Å². The number of aromatic amines is 1. The molecule has 1 aliphatic rings. The van der Waals surface area contributed by atoms with Gasteiger partial charge in [-0.2, -0.15) is 0 Å². The van der Waals surface area contributed by atoms with E-state index >= 15 is 0 Å². The molecule has 1 fully saturated rings. The summed E-state index contributed by atoms with van der Waals surface area (Å²) < 4.78 is -1.31. The Morgan fingerprint density at radius 2 is 1.62 bits per heavy atom. The molecule has 2 N–H and O–H groups in total. The van der Waals surface area contributed by atoms with Crippen LogP contribution in [0.25, 0.3) is 10.9 Å². The van der Waals surface area contributed by atoms with Gasteiger partial charge in [-0.1, -0.05) is 61.6 Å². The van der Waals surface area contributed by atoms with E-state index < -0.39 is 16.2 Å². The SMILES string of the molecule is CC(C)(C)c1cc2cc(CC(=O)c3cc(NC(=O)C4C(c5cc(Cl)cc(Cl)c5)C4(Cl)Cl)ccc3Cl)ccc2[nH]1. The Bertz CT molecular complexity index is 1600. The maximum absolute atomic E-state index is 13.3. The van der Waals surface area contributed by atoms with Gasteiger partial charge in [-0.05, 0) is 71.1 Å². The number of carbonyl (C=O) groups excluding carboxylic acids is 2. The Labute approximate surface area is 251 Å². The molecule has 39 heavy (non-hydrogen) atoms. The minimum absolute atomic E-state index is 0.0122. The van der Waals surface area contributed by atoms with E-state index in [1.54, 1.807) is 36.4 Å².